The number of nitrogens with two attached hydrogens (primary N) is 1. The van der Waals surface area contributed by atoms with Crippen molar-refractivity contribution in [1.82, 2.24) is 15.1 Å². The van der Waals surface area contributed by atoms with Gasteiger partial charge < -0.3 is 20.9 Å². The largest absolute Gasteiger partial charge is 0.339 e. The van der Waals surface area contributed by atoms with E-state index in [4.69, 9.17) is 5.73 Å². The quantitative estimate of drug-likeness (QED) is 0.768. The van der Waals surface area contributed by atoms with Gasteiger partial charge in [-0.25, -0.2) is 4.79 Å². The van der Waals surface area contributed by atoms with Crippen molar-refractivity contribution in [1.29, 1.82) is 0 Å². The molecule has 1 atom stereocenters. The summed E-state index contributed by atoms with van der Waals surface area (Å²) in [6.07, 6.45) is 0.388. The van der Waals surface area contributed by atoms with Gasteiger partial charge >= 0.3 is 6.03 Å². The standard InChI is InChI=1S/C13H26N4O2/c1-4-15-13(19)17-7-5-16(6-8-17)12(18)9-11(14)10(2)3/h10-11H,4-9,14H2,1-3H3,(H,15,19). The van der Waals surface area contributed by atoms with Crippen LogP contribution in [0.25, 0.3) is 0 Å². The molecule has 1 rings (SSSR count). The monoisotopic (exact) mass is 270 g/mol. The van der Waals surface area contributed by atoms with Crippen LogP contribution in [0.5, 0.6) is 0 Å². The summed E-state index contributed by atoms with van der Waals surface area (Å²) in [6.45, 7) is 8.94. The molecule has 0 saturated carbocycles. The van der Waals surface area contributed by atoms with Gasteiger partial charge in [-0.15, -0.1) is 0 Å². The third kappa shape index (κ3) is 4.70. The second-order valence-electron chi connectivity index (χ2n) is 5.32. The first-order valence-electron chi connectivity index (χ1n) is 7.01. The molecule has 1 aliphatic rings. The number of urea groups is 1. The second kappa shape index (κ2) is 7.33. The Morgan fingerprint density at radius 3 is 2.16 bits per heavy atom. The van der Waals surface area contributed by atoms with Crippen LogP contribution in [0.1, 0.15) is 27.2 Å². The topological polar surface area (TPSA) is 78.7 Å². The number of nitrogens with one attached hydrogen (secondary N) is 1. The molecule has 1 fully saturated rings. The zero-order chi connectivity index (χ0) is 14.4. The third-order valence-electron chi connectivity index (χ3n) is 3.51. The highest BCUT2D eigenvalue weighted by atomic mass is 16.2. The van der Waals surface area contributed by atoms with Crippen LogP contribution in [0.2, 0.25) is 0 Å². The molecule has 19 heavy (non-hydrogen) atoms. The van der Waals surface area contributed by atoms with E-state index in [0.717, 1.165) is 0 Å². The van der Waals surface area contributed by atoms with E-state index in [9.17, 15) is 9.59 Å². The molecule has 1 unspecified atom stereocenters. The summed E-state index contributed by atoms with van der Waals surface area (Å²) < 4.78 is 0. The normalized spacial score (nSPS) is 17.5. The van der Waals surface area contributed by atoms with Gasteiger partial charge in [0.05, 0.1) is 0 Å². The van der Waals surface area contributed by atoms with Crippen molar-refractivity contribution in [2.75, 3.05) is 32.7 Å². The van der Waals surface area contributed by atoms with Crippen molar-refractivity contribution in [3.63, 3.8) is 0 Å². The SMILES string of the molecule is CCNC(=O)N1CCN(C(=O)CC(N)C(C)C)CC1. The molecule has 1 aliphatic heterocycles. The average Bonchev–Trinajstić information content (AvgIpc) is 2.39. The van der Waals surface area contributed by atoms with Gasteiger partial charge in [0.25, 0.3) is 0 Å². The van der Waals surface area contributed by atoms with E-state index in [1.165, 1.54) is 0 Å². The minimum absolute atomic E-state index is 0.0477. The average molecular weight is 270 g/mol. The molecule has 0 aromatic heterocycles. The molecular weight excluding hydrogens is 244 g/mol. The predicted octanol–water partition coefficient (Wildman–Crippen LogP) is 0.234. The fourth-order valence-electron chi connectivity index (χ4n) is 1.99. The molecule has 3 amide bonds. The maximum Gasteiger partial charge on any atom is 0.317 e. The Bertz CT molecular complexity index is 312. The van der Waals surface area contributed by atoms with Crippen LogP contribution in [0.15, 0.2) is 0 Å². The Labute approximate surface area is 115 Å². The van der Waals surface area contributed by atoms with Gasteiger partial charge in [0.2, 0.25) is 5.91 Å². The first-order valence-corrected chi connectivity index (χ1v) is 7.01. The molecule has 6 nitrogen and oxygen atoms in total. The van der Waals surface area contributed by atoms with Crippen molar-refractivity contribution in [2.24, 2.45) is 11.7 Å². The van der Waals surface area contributed by atoms with Crippen LogP contribution < -0.4 is 11.1 Å². The Kier molecular flexibility index (Phi) is 6.08. The van der Waals surface area contributed by atoms with E-state index < -0.39 is 0 Å². The van der Waals surface area contributed by atoms with Crippen molar-refractivity contribution in [2.45, 2.75) is 33.2 Å². The van der Waals surface area contributed by atoms with E-state index in [2.05, 4.69) is 5.32 Å². The molecule has 0 aromatic carbocycles. The molecule has 6 heteroatoms. The number of carbonyl (C=O) groups is 2. The van der Waals surface area contributed by atoms with Gasteiger partial charge in [-0.2, -0.15) is 0 Å². The lowest BCUT2D eigenvalue weighted by atomic mass is 10.0. The minimum atomic E-state index is -0.0890. The van der Waals surface area contributed by atoms with Crippen LogP contribution in [-0.2, 0) is 4.79 Å². The van der Waals surface area contributed by atoms with E-state index in [1.807, 2.05) is 20.8 Å². The summed E-state index contributed by atoms with van der Waals surface area (Å²) >= 11 is 0. The van der Waals surface area contributed by atoms with Gasteiger partial charge in [-0.05, 0) is 12.8 Å². The molecule has 0 aromatic rings. The van der Waals surface area contributed by atoms with Gasteiger partial charge in [-0.1, -0.05) is 13.8 Å². The van der Waals surface area contributed by atoms with Gasteiger partial charge in [0.1, 0.15) is 0 Å². The minimum Gasteiger partial charge on any atom is -0.339 e. The smallest absolute Gasteiger partial charge is 0.317 e. The Hall–Kier alpha value is -1.30. The van der Waals surface area contributed by atoms with Gasteiger partial charge in [0, 0.05) is 45.2 Å². The fraction of sp³-hybridized carbons (Fsp3) is 0.846. The van der Waals surface area contributed by atoms with Crippen LogP contribution in [-0.4, -0.2) is 60.5 Å². The Morgan fingerprint density at radius 2 is 1.68 bits per heavy atom. The first kappa shape index (κ1) is 15.8. The molecule has 3 N–H and O–H groups in total. The number of piperazine rings is 1. The molecule has 0 radical (unpaired) electrons. The van der Waals surface area contributed by atoms with Crippen LogP contribution >= 0.6 is 0 Å². The van der Waals surface area contributed by atoms with E-state index in [-0.39, 0.29) is 18.0 Å². The maximum atomic E-state index is 12.0. The summed E-state index contributed by atoms with van der Waals surface area (Å²) in [5.74, 6) is 0.400. The van der Waals surface area contributed by atoms with Crippen LogP contribution in [0.4, 0.5) is 4.79 Å². The lowest BCUT2D eigenvalue weighted by molar-refractivity contribution is -0.133. The summed E-state index contributed by atoms with van der Waals surface area (Å²) in [4.78, 5) is 27.2. The number of hydrogen-bond donors (Lipinski definition) is 2. The fourth-order valence-corrected chi connectivity index (χ4v) is 1.99. The molecule has 0 spiro atoms. The summed E-state index contributed by atoms with van der Waals surface area (Å²) in [5, 5.41) is 2.77. The second-order valence-corrected chi connectivity index (χ2v) is 5.32. The highest BCUT2D eigenvalue weighted by Gasteiger charge is 2.25. The number of rotatable bonds is 4. The van der Waals surface area contributed by atoms with E-state index in [1.54, 1.807) is 9.80 Å². The van der Waals surface area contributed by atoms with Crippen molar-refractivity contribution < 1.29 is 9.59 Å². The van der Waals surface area contributed by atoms with Crippen molar-refractivity contribution >= 4 is 11.9 Å². The number of carbonyl (C=O) groups excluding carboxylic acids is 2. The maximum absolute atomic E-state index is 12.0. The molecule has 1 heterocycles. The summed E-state index contributed by atoms with van der Waals surface area (Å²) in [5.41, 5.74) is 5.92. The first-order chi connectivity index (χ1) is 8.95. The molecule has 0 aliphatic carbocycles. The zero-order valence-corrected chi connectivity index (χ0v) is 12.2. The predicted molar refractivity (Wildman–Crippen MR) is 74.7 cm³/mol. The molecule has 1 saturated heterocycles. The molecular formula is C13H26N4O2. The lowest BCUT2D eigenvalue weighted by Crippen LogP contribution is -2.53. The van der Waals surface area contributed by atoms with Gasteiger partial charge in [0.15, 0.2) is 0 Å². The van der Waals surface area contributed by atoms with Crippen molar-refractivity contribution in [3.05, 3.63) is 0 Å². The number of hydrogen-bond acceptors (Lipinski definition) is 3. The zero-order valence-electron chi connectivity index (χ0n) is 12.2. The molecule has 110 valence electrons. The lowest BCUT2D eigenvalue weighted by Gasteiger charge is -2.35. The highest BCUT2D eigenvalue weighted by molar-refractivity contribution is 5.78. The third-order valence-corrected chi connectivity index (χ3v) is 3.51. The molecule has 0 bridgehead atoms. The van der Waals surface area contributed by atoms with Crippen molar-refractivity contribution in [3.8, 4) is 0 Å². The summed E-state index contributed by atoms with van der Waals surface area (Å²) in [6, 6.07) is -0.137. The van der Waals surface area contributed by atoms with Gasteiger partial charge in [-0.3, -0.25) is 4.79 Å². The van der Waals surface area contributed by atoms with Crippen LogP contribution in [0.3, 0.4) is 0 Å². The number of amides is 3. The van der Waals surface area contributed by atoms with Crippen LogP contribution in [0, 0.1) is 5.92 Å². The Balaban J connectivity index is 2.37. The van der Waals surface area contributed by atoms with E-state index >= 15 is 0 Å². The highest BCUT2D eigenvalue weighted by Crippen LogP contribution is 2.08. The van der Waals surface area contributed by atoms with E-state index in [0.29, 0.717) is 45.1 Å². The summed E-state index contributed by atoms with van der Waals surface area (Å²) in [7, 11) is 0. The number of nitrogens with zero attached hydrogens (tertiary/aromatic N) is 2. The Morgan fingerprint density at radius 1 is 1.16 bits per heavy atom.